The molecule has 0 aliphatic heterocycles. The molecule has 1 atom stereocenters. The molecule has 2 N–H and O–H groups in total. The SMILES string of the molecule is COC(=O)NC(CC(=O)O)C(C)C. The molecule has 5 nitrogen and oxygen atoms in total. The molecular formula is C8H15NO4. The van der Waals surface area contributed by atoms with Crippen molar-refractivity contribution in [2.45, 2.75) is 26.3 Å². The Hall–Kier alpha value is -1.26. The molecule has 0 fully saturated rings. The van der Waals surface area contributed by atoms with E-state index in [0.29, 0.717) is 0 Å². The van der Waals surface area contributed by atoms with Crippen molar-refractivity contribution in [3.8, 4) is 0 Å². The van der Waals surface area contributed by atoms with Gasteiger partial charge in [-0.2, -0.15) is 0 Å². The number of carboxylic acids is 1. The van der Waals surface area contributed by atoms with E-state index in [1.54, 1.807) is 0 Å². The zero-order valence-corrected chi connectivity index (χ0v) is 8.03. The standard InChI is InChI=1S/C8H15NO4/c1-5(2)6(4-7(10)11)9-8(12)13-3/h5-6H,4H2,1-3H3,(H,9,12)(H,10,11). The summed E-state index contributed by atoms with van der Waals surface area (Å²) in [5.41, 5.74) is 0. The highest BCUT2D eigenvalue weighted by atomic mass is 16.5. The van der Waals surface area contributed by atoms with E-state index in [0.717, 1.165) is 0 Å². The van der Waals surface area contributed by atoms with Crippen LogP contribution in [-0.4, -0.2) is 30.3 Å². The fraction of sp³-hybridized carbons (Fsp3) is 0.750. The van der Waals surface area contributed by atoms with Crippen molar-refractivity contribution >= 4 is 12.1 Å². The van der Waals surface area contributed by atoms with Gasteiger partial charge in [0.1, 0.15) is 0 Å². The van der Waals surface area contributed by atoms with E-state index in [2.05, 4.69) is 10.1 Å². The second kappa shape index (κ2) is 5.40. The lowest BCUT2D eigenvalue weighted by Gasteiger charge is -2.19. The van der Waals surface area contributed by atoms with Crippen LogP contribution in [0.5, 0.6) is 0 Å². The van der Waals surface area contributed by atoms with Crippen LogP contribution in [0.3, 0.4) is 0 Å². The minimum Gasteiger partial charge on any atom is -0.481 e. The molecule has 0 aromatic rings. The number of hydrogen-bond acceptors (Lipinski definition) is 3. The first-order valence-electron chi connectivity index (χ1n) is 4.03. The fourth-order valence-electron chi connectivity index (χ4n) is 0.852. The lowest BCUT2D eigenvalue weighted by Crippen LogP contribution is -2.39. The summed E-state index contributed by atoms with van der Waals surface area (Å²) in [6.45, 7) is 3.67. The number of aliphatic carboxylic acids is 1. The molecule has 13 heavy (non-hydrogen) atoms. The van der Waals surface area contributed by atoms with Crippen molar-refractivity contribution in [3.63, 3.8) is 0 Å². The van der Waals surface area contributed by atoms with Gasteiger partial charge in [-0.3, -0.25) is 4.79 Å². The molecule has 1 amide bonds. The van der Waals surface area contributed by atoms with Crippen LogP contribution in [0.25, 0.3) is 0 Å². The van der Waals surface area contributed by atoms with E-state index in [9.17, 15) is 9.59 Å². The van der Waals surface area contributed by atoms with Gasteiger partial charge in [-0.1, -0.05) is 13.8 Å². The van der Waals surface area contributed by atoms with Gasteiger partial charge in [-0.05, 0) is 5.92 Å². The van der Waals surface area contributed by atoms with Crippen molar-refractivity contribution in [3.05, 3.63) is 0 Å². The monoisotopic (exact) mass is 189 g/mol. The van der Waals surface area contributed by atoms with Crippen LogP contribution in [0.1, 0.15) is 20.3 Å². The number of ether oxygens (including phenoxy) is 1. The maximum atomic E-state index is 10.8. The molecule has 0 radical (unpaired) electrons. The van der Waals surface area contributed by atoms with E-state index in [1.165, 1.54) is 7.11 Å². The molecule has 76 valence electrons. The summed E-state index contributed by atoms with van der Waals surface area (Å²) in [5, 5.41) is 11.0. The first kappa shape index (κ1) is 11.7. The van der Waals surface area contributed by atoms with Gasteiger partial charge in [-0.25, -0.2) is 4.79 Å². The van der Waals surface area contributed by atoms with Crippen LogP contribution in [0.2, 0.25) is 0 Å². The van der Waals surface area contributed by atoms with Crippen LogP contribution in [0.4, 0.5) is 4.79 Å². The number of carboxylic acid groups (broad SMARTS) is 1. The quantitative estimate of drug-likeness (QED) is 0.687. The number of carbonyl (C=O) groups excluding carboxylic acids is 1. The van der Waals surface area contributed by atoms with Gasteiger partial charge in [0, 0.05) is 6.04 Å². The largest absolute Gasteiger partial charge is 0.481 e. The molecule has 0 rings (SSSR count). The number of amides is 1. The summed E-state index contributed by atoms with van der Waals surface area (Å²) >= 11 is 0. The van der Waals surface area contributed by atoms with Crippen LogP contribution in [0, 0.1) is 5.92 Å². The van der Waals surface area contributed by atoms with Crippen LogP contribution < -0.4 is 5.32 Å². The second-order valence-electron chi connectivity index (χ2n) is 3.08. The Labute approximate surface area is 77.1 Å². The summed E-state index contributed by atoms with van der Waals surface area (Å²) in [7, 11) is 1.24. The number of carbonyl (C=O) groups is 2. The maximum absolute atomic E-state index is 10.8. The van der Waals surface area contributed by atoms with Crippen molar-refractivity contribution in [1.29, 1.82) is 0 Å². The highest BCUT2D eigenvalue weighted by Crippen LogP contribution is 2.05. The zero-order valence-electron chi connectivity index (χ0n) is 8.03. The van der Waals surface area contributed by atoms with Crippen LogP contribution in [-0.2, 0) is 9.53 Å². The van der Waals surface area contributed by atoms with Gasteiger partial charge in [0.2, 0.25) is 0 Å². The number of rotatable bonds is 4. The molecule has 0 bridgehead atoms. The van der Waals surface area contributed by atoms with Gasteiger partial charge >= 0.3 is 12.1 Å². The Morgan fingerprint density at radius 2 is 2.00 bits per heavy atom. The Morgan fingerprint density at radius 1 is 1.46 bits per heavy atom. The van der Waals surface area contributed by atoms with Gasteiger partial charge in [-0.15, -0.1) is 0 Å². The van der Waals surface area contributed by atoms with Gasteiger partial charge in [0.25, 0.3) is 0 Å². The lowest BCUT2D eigenvalue weighted by atomic mass is 10.0. The molecule has 0 saturated heterocycles. The predicted octanol–water partition coefficient (Wildman–Crippen LogP) is 0.842. The molecular weight excluding hydrogens is 174 g/mol. The van der Waals surface area contributed by atoms with E-state index in [-0.39, 0.29) is 18.4 Å². The minimum absolute atomic E-state index is 0.0650. The molecule has 0 aliphatic rings. The summed E-state index contributed by atoms with van der Waals surface area (Å²) in [6, 6.07) is -0.384. The zero-order chi connectivity index (χ0) is 10.4. The Balaban J connectivity index is 4.09. The van der Waals surface area contributed by atoms with Gasteiger partial charge in [0.15, 0.2) is 0 Å². The summed E-state index contributed by atoms with van der Waals surface area (Å²) in [6.07, 6.45) is -0.688. The van der Waals surface area contributed by atoms with E-state index < -0.39 is 12.1 Å². The topological polar surface area (TPSA) is 75.6 Å². The first-order chi connectivity index (χ1) is 5.97. The molecule has 0 aliphatic carbocycles. The number of hydrogen-bond donors (Lipinski definition) is 2. The summed E-state index contributed by atoms with van der Waals surface area (Å²) in [4.78, 5) is 21.2. The molecule has 1 unspecified atom stereocenters. The van der Waals surface area contributed by atoms with E-state index >= 15 is 0 Å². The van der Waals surface area contributed by atoms with Crippen molar-refractivity contribution < 1.29 is 19.4 Å². The third-order valence-electron chi connectivity index (χ3n) is 1.69. The van der Waals surface area contributed by atoms with Gasteiger partial charge in [0.05, 0.1) is 13.5 Å². The average Bonchev–Trinajstić information content (AvgIpc) is 2.02. The van der Waals surface area contributed by atoms with Crippen molar-refractivity contribution in [2.75, 3.05) is 7.11 Å². The highest BCUT2D eigenvalue weighted by Gasteiger charge is 2.19. The molecule has 0 aromatic heterocycles. The predicted molar refractivity (Wildman–Crippen MR) is 46.4 cm³/mol. The normalized spacial score (nSPS) is 12.3. The molecule has 0 aromatic carbocycles. The maximum Gasteiger partial charge on any atom is 0.407 e. The highest BCUT2D eigenvalue weighted by molar-refractivity contribution is 5.71. The summed E-state index contributed by atoms with van der Waals surface area (Å²) in [5.74, 6) is -0.870. The van der Waals surface area contributed by atoms with Gasteiger partial charge < -0.3 is 15.2 Å². The Morgan fingerprint density at radius 3 is 2.31 bits per heavy atom. The van der Waals surface area contributed by atoms with Crippen molar-refractivity contribution in [2.24, 2.45) is 5.92 Å². The first-order valence-corrected chi connectivity index (χ1v) is 4.03. The minimum atomic E-state index is -0.935. The number of alkyl carbamates (subject to hydrolysis) is 1. The molecule has 0 heterocycles. The smallest absolute Gasteiger partial charge is 0.407 e. The fourth-order valence-corrected chi connectivity index (χ4v) is 0.852. The third-order valence-corrected chi connectivity index (χ3v) is 1.69. The molecule has 5 heteroatoms. The third kappa shape index (κ3) is 5.05. The Bertz CT molecular complexity index is 191. The molecule has 0 spiro atoms. The van der Waals surface area contributed by atoms with E-state index in [1.807, 2.05) is 13.8 Å². The Kier molecular flexibility index (Phi) is 4.87. The molecule has 0 saturated carbocycles. The number of methoxy groups -OCH3 is 1. The van der Waals surface area contributed by atoms with Crippen LogP contribution in [0.15, 0.2) is 0 Å². The van der Waals surface area contributed by atoms with Crippen molar-refractivity contribution in [1.82, 2.24) is 5.32 Å². The second-order valence-corrected chi connectivity index (χ2v) is 3.08. The van der Waals surface area contributed by atoms with E-state index in [4.69, 9.17) is 5.11 Å². The number of nitrogens with one attached hydrogen (secondary N) is 1. The van der Waals surface area contributed by atoms with Crippen LogP contribution >= 0.6 is 0 Å². The lowest BCUT2D eigenvalue weighted by molar-refractivity contribution is -0.137. The average molecular weight is 189 g/mol. The summed E-state index contributed by atoms with van der Waals surface area (Å²) < 4.78 is 4.37.